The summed E-state index contributed by atoms with van der Waals surface area (Å²) >= 11 is 0. The highest BCUT2D eigenvalue weighted by Gasteiger charge is 2.24. The van der Waals surface area contributed by atoms with Gasteiger partial charge in [-0.1, -0.05) is 12.1 Å². The van der Waals surface area contributed by atoms with E-state index in [2.05, 4.69) is 38.2 Å². The summed E-state index contributed by atoms with van der Waals surface area (Å²) in [7, 11) is 0. The molecule has 100 valence electrons. The van der Waals surface area contributed by atoms with Crippen molar-refractivity contribution in [3.63, 3.8) is 0 Å². The maximum atomic E-state index is 5.79. The molecule has 2 heteroatoms. The van der Waals surface area contributed by atoms with Crippen molar-refractivity contribution in [2.45, 2.75) is 46.1 Å². The highest BCUT2D eigenvalue weighted by Crippen LogP contribution is 2.24. The van der Waals surface area contributed by atoms with Crippen molar-refractivity contribution in [1.82, 2.24) is 5.32 Å². The van der Waals surface area contributed by atoms with Crippen LogP contribution < -0.4 is 11.1 Å². The van der Waals surface area contributed by atoms with Crippen LogP contribution in [0.25, 0.3) is 0 Å². The largest absolute Gasteiger partial charge is 0.328 e. The van der Waals surface area contributed by atoms with Crippen LogP contribution in [0.5, 0.6) is 0 Å². The zero-order valence-electron chi connectivity index (χ0n) is 11.9. The summed E-state index contributed by atoms with van der Waals surface area (Å²) in [5.41, 5.74) is 11.5. The lowest BCUT2D eigenvalue weighted by Crippen LogP contribution is -2.41. The van der Waals surface area contributed by atoms with Crippen molar-refractivity contribution >= 4 is 0 Å². The molecular weight excluding hydrogens is 220 g/mol. The molecule has 1 aromatic rings. The number of hydrogen-bond acceptors (Lipinski definition) is 2. The van der Waals surface area contributed by atoms with Crippen LogP contribution in [0.4, 0.5) is 0 Å². The van der Waals surface area contributed by atoms with Gasteiger partial charge < -0.3 is 11.1 Å². The predicted molar refractivity (Wildman–Crippen MR) is 77.9 cm³/mol. The summed E-state index contributed by atoms with van der Waals surface area (Å²) < 4.78 is 0. The second-order valence-electron chi connectivity index (χ2n) is 5.91. The third-order valence-corrected chi connectivity index (χ3v) is 4.23. The van der Waals surface area contributed by atoms with Gasteiger partial charge in [-0.2, -0.15) is 0 Å². The number of hydrogen-bond donors (Lipinski definition) is 2. The van der Waals surface area contributed by atoms with E-state index in [1.54, 1.807) is 0 Å². The fraction of sp³-hybridized carbons (Fsp3) is 0.625. The Labute approximate surface area is 111 Å². The number of benzene rings is 1. The second kappa shape index (κ2) is 5.85. The van der Waals surface area contributed by atoms with E-state index >= 15 is 0 Å². The van der Waals surface area contributed by atoms with Crippen molar-refractivity contribution in [3.8, 4) is 0 Å². The summed E-state index contributed by atoms with van der Waals surface area (Å²) in [6.45, 7) is 8.81. The van der Waals surface area contributed by atoms with Gasteiger partial charge in [-0.15, -0.1) is 0 Å². The summed E-state index contributed by atoms with van der Waals surface area (Å²) in [5, 5.41) is 3.56. The number of rotatable bonds is 5. The van der Waals surface area contributed by atoms with Crippen LogP contribution in [0.2, 0.25) is 0 Å². The molecule has 0 unspecified atom stereocenters. The van der Waals surface area contributed by atoms with E-state index in [4.69, 9.17) is 5.73 Å². The third-order valence-electron chi connectivity index (χ3n) is 4.23. The first-order valence-electron chi connectivity index (χ1n) is 7.09. The summed E-state index contributed by atoms with van der Waals surface area (Å²) in [5.74, 6) is 0.820. The Bertz CT molecular complexity index is 406. The SMILES string of the molecule is Cc1cc(C)c(CCNCC2CC(N)C2)cc1C. The minimum atomic E-state index is 0.471. The number of nitrogens with one attached hydrogen (secondary N) is 1. The van der Waals surface area contributed by atoms with E-state index in [0.29, 0.717) is 6.04 Å². The third kappa shape index (κ3) is 3.33. The average molecular weight is 246 g/mol. The molecule has 0 saturated heterocycles. The van der Waals surface area contributed by atoms with Crippen molar-refractivity contribution in [2.75, 3.05) is 13.1 Å². The zero-order valence-corrected chi connectivity index (χ0v) is 11.9. The standard InChI is InChI=1S/C16H26N2/c1-11-6-13(3)15(7-12(11)2)4-5-18-10-14-8-16(17)9-14/h6-7,14,16,18H,4-5,8-10,17H2,1-3H3. The molecule has 0 heterocycles. The Kier molecular flexibility index (Phi) is 4.41. The molecule has 3 N–H and O–H groups in total. The summed E-state index contributed by atoms with van der Waals surface area (Å²) in [6.07, 6.45) is 3.54. The van der Waals surface area contributed by atoms with Crippen molar-refractivity contribution in [2.24, 2.45) is 11.7 Å². The monoisotopic (exact) mass is 246 g/mol. The lowest BCUT2D eigenvalue weighted by molar-refractivity contribution is 0.257. The minimum Gasteiger partial charge on any atom is -0.328 e. The molecule has 1 aromatic carbocycles. The Hall–Kier alpha value is -0.860. The van der Waals surface area contributed by atoms with Crippen LogP contribution in [0.3, 0.4) is 0 Å². The Balaban J connectivity index is 1.74. The van der Waals surface area contributed by atoms with E-state index < -0.39 is 0 Å². The second-order valence-corrected chi connectivity index (χ2v) is 5.91. The van der Waals surface area contributed by atoms with Crippen molar-refractivity contribution in [3.05, 3.63) is 34.4 Å². The van der Waals surface area contributed by atoms with Gasteiger partial charge >= 0.3 is 0 Å². The molecule has 1 aliphatic carbocycles. The Morgan fingerprint density at radius 2 is 1.78 bits per heavy atom. The van der Waals surface area contributed by atoms with E-state index in [0.717, 1.165) is 25.4 Å². The van der Waals surface area contributed by atoms with Gasteiger partial charge in [0.05, 0.1) is 0 Å². The quantitative estimate of drug-likeness (QED) is 0.783. The maximum Gasteiger partial charge on any atom is 0.00450 e. The molecule has 2 rings (SSSR count). The lowest BCUT2D eigenvalue weighted by atomic mass is 9.81. The molecule has 1 aliphatic rings. The first kappa shape index (κ1) is 13.6. The van der Waals surface area contributed by atoms with Gasteiger partial charge in [-0.25, -0.2) is 0 Å². The predicted octanol–water partition coefficient (Wildman–Crippen LogP) is 2.48. The molecule has 0 atom stereocenters. The molecule has 0 bridgehead atoms. The van der Waals surface area contributed by atoms with E-state index in [9.17, 15) is 0 Å². The number of nitrogens with two attached hydrogens (primary N) is 1. The highest BCUT2D eigenvalue weighted by atomic mass is 14.9. The molecule has 1 saturated carbocycles. The van der Waals surface area contributed by atoms with Crippen LogP contribution in [0.15, 0.2) is 12.1 Å². The van der Waals surface area contributed by atoms with Crippen LogP contribution in [0, 0.1) is 26.7 Å². The van der Waals surface area contributed by atoms with Crippen molar-refractivity contribution in [1.29, 1.82) is 0 Å². The molecule has 0 radical (unpaired) electrons. The molecule has 2 nitrogen and oxygen atoms in total. The first-order chi connectivity index (χ1) is 8.56. The topological polar surface area (TPSA) is 38.0 Å². The van der Waals surface area contributed by atoms with Crippen LogP contribution in [0.1, 0.15) is 35.1 Å². The van der Waals surface area contributed by atoms with Gasteiger partial charge in [-0.3, -0.25) is 0 Å². The fourth-order valence-corrected chi connectivity index (χ4v) is 2.77. The van der Waals surface area contributed by atoms with E-state index in [-0.39, 0.29) is 0 Å². The van der Waals surface area contributed by atoms with Gasteiger partial charge in [0.2, 0.25) is 0 Å². The minimum absolute atomic E-state index is 0.471. The zero-order chi connectivity index (χ0) is 13.1. The van der Waals surface area contributed by atoms with Gasteiger partial charge in [0.25, 0.3) is 0 Å². The smallest absolute Gasteiger partial charge is 0.00450 e. The molecule has 0 aliphatic heterocycles. The van der Waals surface area contributed by atoms with E-state index in [1.165, 1.54) is 35.1 Å². The molecule has 0 spiro atoms. The van der Waals surface area contributed by atoms with Crippen LogP contribution in [-0.4, -0.2) is 19.1 Å². The van der Waals surface area contributed by atoms with Crippen LogP contribution in [-0.2, 0) is 6.42 Å². The van der Waals surface area contributed by atoms with E-state index in [1.807, 2.05) is 0 Å². The number of aryl methyl sites for hydroxylation is 3. The molecule has 0 aromatic heterocycles. The highest BCUT2D eigenvalue weighted by molar-refractivity contribution is 5.36. The van der Waals surface area contributed by atoms with Crippen LogP contribution >= 0.6 is 0 Å². The van der Waals surface area contributed by atoms with Gasteiger partial charge in [-0.05, 0) is 81.3 Å². The Morgan fingerprint density at radius 3 is 2.44 bits per heavy atom. The average Bonchev–Trinajstić information content (AvgIpc) is 2.28. The molecule has 0 amide bonds. The first-order valence-corrected chi connectivity index (χ1v) is 7.09. The summed E-state index contributed by atoms with van der Waals surface area (Å²) in [4.78, 5) is 0. The van der Waals surface area contributed by atoms with Gasteiger partial charge in [0.1, 0.15) is 0 Å². The normalized spacial score (nSPS) is 22.9. The maximum absolute atomic E-state index is 5.79. The molecule has 1 fully saturated rings. The van der Waals surface area contributed by atoms with Crippen molar-refractivity contribution < 1.29 is 0 Å². The van der Waals surface area contributed by atoms with Gasteiger partial charge in [0.15, 0.2) is 0 Å². The van der Waals surface area contributed by atoms with Gasteiger partial charge in [0, 0.05) is 6.04 Å². The Morgan fingerprint density at radius 1 is 1.11 bits per heavy atom. The fourth-order valence-electron chi connectivity index (χ4n) is 2.77. The summed E-state index contributed by atoms with van der Waals surface area (Å²) in [6, 6.07) is 5.11. The lowest BCUT2D eigenvalue weighted by Gasteiger charge is -2.32. The molecule has 18 heavy (non-hydrogen) atoms. The molecular formula is C16H26N2.